The number of nitrogens with zero attached hydrogens (tertiary/aromatic N) is 1. The Labute approximate surface area is 91.0 Å². The van der Waals surface area contributed by atoms with Gasteiger partial charge in [0.15, 0.2) is 0 Å². The molecule has 0 aromatic heterocycles. The minimum Gasteiger partial charge on any atom is -0.489 e. The molecule has 0 aliphatic carbocycles. The Morgan fingerprint density at radius 1 is 1.40 bits per heavy atom. The SMILES string of the molecule is CN(C)c1cccc(O[C@H]2CCNC2)c1. The van der Waals surface area contributed by atoms with Crippen molar-refractivity contribution in [2.24, 2.45) is 0 Å². The van der Waals surface area contributed by atoms with Gasteiger partial charge in [-0.05, 0) is 25.1 Å². The van der Waals surface area contributed by atoms with Gasteiger partial charge in [0.1, 0.15) is 11.9 Å². The van der Waals surface area contributed by atoms with E-state index in [1.165, 1.54) is 5.69 Å². The van der Waals surface area contributed by atoms with E-state index in [9.17, 15) is 0 Å². The van der Waals surface area contributed by atoms with E-state index in [4.69, 9.17) is 4.74 Å². The first kappa shape index (κ1) is 10.3. The number of anilines is 1. The molecule has 1 aromatic carbocycles. The highest BCUT2D eigenvalue weighted by Crippen LogP contribution is 2.21. The Morgan fingerprint density at radius 3 is 2.93 bits per heavy atom. The lowest BCUT2D eigenvalue weighted by molar-refractivity contribution is 0.223. The lowest BCUT2D eigenvalue weighted by Crippen LogP contribution is -2.19. The molecule has 0 spiro atoms. The fourth-order valence-corrected chi connectivity index (χ4v) is 1.76. The lowest BCUT2D eigenvalue weighted by Gasteiger charge is -2.16. The molecule has 1 aliphatic rings. The summed E-state index contributed by atoms with van der Waals surface area (Å²) in [6.45, 7) is 2.03. The van der Waals surface area contributed by atoms with Crippen LogP contribution in [0.2, 0.25) is 0 Å². The van der Waals surface area contributed by atoms with Crippen molar-refractivity contribution in [1.82, 2.24) is 5.32 Å². The highest BCUT2D eigenvalue weighted by Gasteiger charge is 2.15. The molecule has 82 valence electrons. The third kappa shape index (κ3) is 2.63. The van der Waals surface area contributed by atoms with E-state index < -0.39 is 0 Å². The molecule has 0 radical (unpaired) electrons. The molecule has 3 heteroatoms. The van der Waals surface area contributed by atoms with Crippen LogP contribution < -0.4 is 15.0 Å². The molecule has 15 heavy (non-hydrogen) atoms. The van der Waals surface area contributed by atoms with Gasteiger partial charge in [0.25, 0.3) is 0 Å². The summed E-state index contributed by atoms with van der Waals surface area (Å²) in [4.78, 5) is 2.08. The van der Waals surface area contributed by atoms with Gasteiger partial charge in [0.2, 0.25) is 0 Å². The highest BCUT2D eigenvalue weighted by molar-refractivity contribution is 5.49. The van der Waals surface area contributed by atoms with Crippen LogP contribution in [0.5, 0.6) is 5.75 Å². The number of rotatable bonds is 3. The first-order valence-electron chi connectivity index (χ1n) is 5.40. The zero-order valence-corrected chi connectivity index (χ0v) is 9.36. The Kier molecular flexibility index (Phi) is 3.11. The second kappa shape index (κ2) is 4.53. The number of hydrogen-bond donors (Lipinski definition) is 1. The maximum Gasteiger partial charge on any atom is 0.121 e. The molecule has 1 heterocycles. The van der Waals surface area contributed by atoms with Crippen LogP contribution in [0, 0.1) is 0 Å². The second-order valence-corrected chi connectivity index (χ2v) is 4.12. The van der Waals surface area contributed by atoms with E-state index in [1.807, 2.05) is 26.2 Å². The highest BCUT2D eigenvalue weighted by atomic mass is 16.5. The van der Waals surface area contributed by atoms with Crippen LogP contribution in [-0.2, 0) is 0 Å². The summed E-state index contributed by atoms with van der Waals surface area (Å²) in [5, 5.41) is 3.29. The van der Waals surface area contributed by atoms with Crippen molar-refractivity contribution >= 4 is 5.69 Å². The van der Waals surface area contributed by atoms with Crippen molar-refractivity contribution in [1.29, 1.82) is 0 Å². The number of hydrogen-bond acceptors (Lipinski definition) is 3. The molecular weight excluding hydrogens is 188 g/mol. The van der Waals surface area contributed by atoms with Gasteiger partial charge in [-0.15, -0.1) is 0 Å². The predicted molar refractivity (Wildman–Crippen MR) is 62.7 cm³/mol. The smallest absolute Gasteiger partial charge is 0.121 e. The Hall–Kier alpha value is -1.22. The van der Waals surface area contributed by atoms with Crippen LogP contribution in [0.25, 0.3) is 0 Å². The summed E-state index contributed by atoms with van der Waals surface area (Å²) in [6, 6.07) is 8.22. The van der Waals surface area contributed by atoms with Gasteiger partial charge in [-0.2, -0.15) is 0 Å². The van der Waals surface area contributed by atoms with Crippen LogP contribution in [-0.4, -0.2) is 33.3 Å². The minimum absolute atomic E-state index is 0.336. The van der Waals surface area contributed by atoms with Crippen molar-refractivity contribution in [2.75, 3.05) is 32.1 Å². The molecule has 1 saturated heterocycles. The molecule has 0 saturated carbocycles. The second-order valence-electron chi connectivity index (χ2n) is 4.12. The quantitative estimate of drug-likeness (QED) is 0.811. The topological polar surface area (TPSA) is 24.5 Å². The number of nitrogens with one attached hydrogen (secondary N) is 1. The average molecular weight is 206 g/mol. The van der Waals surface area contributed by atoms with Crippen molar-refractivity contribution in [3.05, 3.63) is 24.3 Å². The molecule has 1 fully saturated rings. The Morgan fingerprint density at radius 2 is 2.27 bits per heavy atom. The standard InChI is InChI=1S/C12H18N2O/c1-14(2)10-4-3-5-11(8-10)15-12-6-7-13-9-12/h3-5,8,12-13H,6-7,9H2,1-2H3/t12-/m0/s1. The molecule has 0 amide bonds. The van der Waals surface area contributed by atoms with E-state index in [-0.39, 0.29) is 0 Å². The normalized spacial score (nSPS) is 20.3. The number of ether oxygens (including phenoxy) is 1. The molecule has 1 aliphatic heterocycles. The van der Waals surface area contributed by atoms with Crippen molar-refractivity contribution < 1.29 is 4.74 Å². The van der Waals surface area contributed by atoms with Crippen LogP contribution in [0.3, 0.4) is 0 Å². The molecule has 1 atom stereocenters. The van der Waals surface area contributed by atoms with Gasteiger partial charge < -0.3 is 15.0 Å². The zero-order chi connectivity index (χ0) is 10.7. The maximum absolute atomic E-state index is 5.88. The maximum atomic E-state index is 5.88. The Balaban J connectivity index is 2.04. The molecule has 0 bridgehead atoms. The van der Waals surface area contributed by atoms with Crippen molar-refractivity contribution in [3.8, 4) is 5.75 Å². The fourth-order valence-electron chi connectivity index (χ4n) is 1.76. The van der Waals surface area contributed by atoms with Crippen LogP contribution in [0.15, 0.2) is 24.3 Å². The molecule has 3 nitrogen and oxygen atoms in total. The third-order valence-corrected chi connectivity index (χ3v) is 2.65. The molecule has 1 N–H and O–H groups in total. The van der Waals surface area contributed by atoms with Gasteiger partial charge in [0.05, 0.1) is 0 Å². The predicted octanol–water partition coefficient (Wildman–Crippen LogP) is 1.49. The molecule has 2 rings (SSSR count). The largest absolute Gasteiger partial charge is 0.489 e. The molecule has 1 aromatic rings. The first-order chi connectivity index (χ1) is 7.25. The summed E-state index contributed by atoms with van der Waals surface area (Å²) in [6.07, 6.45) is 1.44. The summed E-state index contributed by atoms with van der Waals surface area (Å²) in [5.41, 5.74) is 1.18. The summed E-state index contributed by atoms with van der Waals surface area (Å²) < 4.78 is 5.88. The van der Waals surface area contributed by atoms with Gasteiger partial charge in [-0.3, -0.25) is 0 Å². The van der Waals surface area contributed by atoms with E-state index in [1.54, 1.807) is 0 Å². The van der Waals surface area contributed by atoms with Crippen molar-refractivity contribution in [3.63, 3.8) is 0 Å². The number of benzene rings is 1. The zero-order valence-electron chi connectivity index (χ0n) is 9.36. The monoisotopic (exact) mass is 206 g/mol. The van der Waals surface area contributed by atoms with Crippen LogP contribution in [0.4, 0.5) is 5.69 Å². The molecular formula is C12H18N2O. The lowest BCUT2D eigenvalue weighted by atomic mass is 10.2. The van der Waals surface area contributed by atoms with E-state index >= 15 is 0 Å². The van der Waals surface area contributed by atoms with Gasteiger partial charge in [0, 0.05) is 32.4 Å². The fraction of sp³-hybridized carbons (Fsp3) is 0.500. The minimum atomic E-state index is 0.336. The van der Waals surface area contributed by atoms with Gasteiger partial charge in [-0.1, -0.05) is 6.07 Å². The molecule has 0 unspecified atom stereocenters. The van der Waals surface area contributed by atoms with E-state index in [0.29, 0.717) is 6.10 Å². The summed E-state index contributed by atoms with van der Waals surface area (Å²) >= 11 is 0. The first-order valence-corrected chi connectivity index (χ1v) is 5.40. The van der Waals surface area contributed by atoms with Gasteiger partial charge in [-0.25, -0.2) is 0 Å². The van der Waals surface area contributed by atoms with Crippen LogP contribution in [0.1, 0.15) is 6.42 Å². The summed E-state index contributed by atoms with van der Waals surface area (Å²) in [7, 11) is 4.08. The third-order valence-electron chi connectivity index (χ3n) is 2.65. The Bertz CT molecular complexity index is 319. The van der Waals surface area contributed by atoms with Crippen molar-refractivity contribution in [2.45, 2.75) is 12.5 Å². The average Bonchev–Trinajstić information content (AvgIpc) is 2.71. The summed E-state index contributed by atoms with van der Waals surface area (Å²) in [5.74, 6) is 0.968. The van der Waals surface area contributed by atoms with Crippen LogP contribution >= 0.6 is 0 Å². The van der Waals surface area contributed by atoms with E-state index in [0.717, 1.165) is 25.3 Å². The van der Waals surface area contributed by atoms with E-state index in [2.05, 4.69) is 22.3 Å². The van der Waals surface area contributed by atoms with Gasteiger partial charge >= 0.3 is 0 Å².